The number of thiophene rings is 1. The number of carbonyl (C=O) groups is 2. The molecule has 170 valence electrons. The van der Waals surface area contributed by atoms with E-state index in [2.05, 4.69) is 17.6 Å². The first-order valence-corrected chi connectivity index (χ1v) is 12.4. The third-order valence-electron chi connectivity index (χ3n) is 5.50. The Labute approximate surface area is 193 Å². The summed E-state index contributed by atoms with van der Waals surface area (Å²) in [6.07, 6.45) is 4.47. The fourth-order valence-electron chi connectivity index (χ4n) is 3.82. The Bertz CT molecular complexity index is 1200. The van der Waals surface area contributed by atoms with Crippen LogP contribution in [0.1, 0.15) is 43.4 Å². The van der Waals surface area contributed by atoms with Crippen LogP contribution in [0.2, 0.25) is 0 Å². The van der Waals surface area contributed by atoms with Gasteiger partial charge in [0.05, 0.1) is 23.4 Å². The van der Waals surface area contributed by atoms with Crippen LogP contribution in [0, 0.1) is 5.92 Å². The lowest BCUT2D eigenvalue weighted by atomic mass is 9.89. The molecule has 0 saturated heterocycles. The molecule has 3 aromatic rings. The number of aryl methyl sites for hydroxylation is 1. The van der Waals surface area contributed by atoms with Crippen molar-refractivity contribution in [1.82, 2.24) is 20.2 Å². The molecular formula is C22H26N4O4S2. The number of fused-ring (bicyclic) bond motifs is 3. The van der Waals surface area contributed by atoms with Crippen LogP contribution in [0.25, 0.3) is 10.2 Å². The maximum Gasteiger partial charge on any atom is 0.321 e. The third-order valence-corrected chi connectivity index (χ3v) is 7.74. The molecule has 2 atom stereocenters. The molecular weight excluding hydrogens is 448 g/mol. The number of rotatable bonds is 6. The SMILES string of the molecule is CCNC(=O)NC(=O)C(C)Sc1nc2sc3c(c2c(=O)n1Cc1ccco1)CCC(C)C3. The van der Waals surface area contributed by atoms with Gasteiger partial charge in [-0.05, 0) is 56.7 Å². The molecule has 3 amide bonds. The van der Waals surface area contributed by atoms with Crippen molar-refractivity contribution < 1.29 is 14.0 Å². The van der Waals surface area contributed by atoms with Gasteiger partial charge in [-0.25, -0.2) is 9.78 Å². The summed E-state index contributed by atoms with van der Waals surface area (Å²) in [5.41, 5.74) is 1.00. The number of amides is 3. The Hall–Kier alpha value is -2.59. The summed E-state index contributed by atoms with van der Waals surface area (Å²) in [6.45, 7) is 6.34. The highest BCUT2D eigenvalue weighted by Gasteiger charge is 2.26. The predicted molar refractivity (Wildman–Crippen MR) is 125 cm³/mol. The van der Waals surface area contributed by atoms with Crippen LogP contribution >= 0.6 is 23.1 Å². The van der Waals surface area contributed by atoms with Gasteiger partial charge in [-0.3, -0.25) is 19.5 Å². The number of carbonyl (C=O) groups excluding carboxylic acids is 2. The average Bonchev–Trinajstić information content (AvgIpc) is 3.37. The monoisotopic (exact) mass is 474 g/mol. The minimum Gasteiger partial charge on any atom is -0.467 e. The van der Waals surface area contributed by atoms with Gasteiger partial charge in [-0.15, -0.1) is 11.3 Å². The number of hydrogen-bond donors (Lipinski definition) is 2. The minimum atomic E-state index is -0.626. The quantitative estimate of drug-likeness (QED) is 0.418. The first-order valence-electron chi connectivity index (χ1n) is 10.7. The Morgan fingerprint density at radius 1 is 1.44 bits per heavy atom. The van der Waals surface area contributed by atoms with Crippen molar-refractivity contribution in [3.63, 3.8) is 0 Å². The van der Waals surface area contributed by atoms with Crippen LogP contribution < -0.4 is 16.2 Å². The van der Waals surface area contributed by atoms with Gasteiger partial charge in [0.15, 0.2) is 5.16 Å². The smallest absolute Gasteiger partial charge is 0.321 e. The van der Waals surface area contributed by atoms with Crippen molar-refractivity contribution in [3.8, 4) is 0 Å². The second-order valence-electron chi connectivity index (χ2n) is 8.01. The number of aromatic nitrogens is 2. The zero-order valence-electron chi connectivity index (χ0n) is 18.3. The number of imide groups is 1. The minimum absolute atomic E-state index is 0.114. The molecule has 0 aliphatic heterocycles. The fraction of sp³-hybridized carbons (Fsp3) is 0.455. The summed E-state index contributed by atoms with van der Waals surface area (Å²) in [6, 6.07) is 3.04. The molecule has 0 radical (unpaired) electrons. The lowest BCUT2D eigenvalue weighted by molar-refractivity contribution is -0.119. The van der Waals surface area contributed by atoms with Gasteiger partial charge in [0.2, 0.25) is 5.91 Å². The molecule has 3 heterocycles. The van der Waals surface area contributed by atoms with E-state index in [1.807, 2.05) is 0 Å². The molecule has 10 heteroatoms. The van der Waals surface area contributed by atoms with Gasteiger partial charge in [-0.1, -0.05) is 18.7 Å². The van der Waals surface area contributed by atoms with E-state index in [9.17, 15) is 14.4 Å². The van der Waals surface area contributed by atoms with Crippen LogP contribution in [-0.4, -0.2) is 33.3 Å². The summed E-state index contributed by atoms with van der Waals surface area (Å²) in [7, 11) is 0. The molecule has 4 rings (SSSR count). The normalized spacial score (nSPS) is 16.5. The van der Waals surface area contributed by atoms with Gasteiger partial charge in [-0.2, -0.15) is 0 Å². The van der Waals surface area contributed by atoms with Crippen LogP contribution in [0.15, 0.2) is 32.8 Å². The van der Waals surface area contributed by atoms with Crippen molar-refractivity contribution in [2.75, 3.05) is 6.54 Å². The van der Waals surface area contributed by atoms with Crippen LogP contribution in [0.3, 0.4) is 0 Å². The number of nitrogens with zero attached hydrogens (tertiary/aromatic N) is 2. The maximum atomic E-state index is 13.6. The number of furan rings is 1. The van der Waals surface area contributed by atoms with E-state index in [0.29, 0.717) is 33.6 Å². The van der Waals surface area contributed by atoms with Gasteiger partial charge >= 0.3 is 6.03 Å². The second kappa shape index (κ2) is 9.50. The van der Waals surface area contributed by atoms with E-state index in [0.717, 1.165) is 36.6 Å². The molecule has 0 aromatic carbocycles. The molecule has 3 aromatic heterocycles. The predicted octanol–water partition coefficient (Wildman–Crippen LogP) is 3.55. The van der Waals surface area contributed by atoms with Crippen molar-refractivity contribution in [2.45, 2.75) is 57.0 Å². The molecule has 0 fully saturated rings. The Morgan fingerprint density at radius 3 is 2.97 bits per heavy atom. The van der Waals surface area contributed by atoms with E-state index in [-0.39, 0.29) is 12.1 Å². The topological polar surface area (TPSA) is 106 Å². The molecule has 1 aliphatic rings. The van der Waals surface area contributed by atoms with Gasteiger partial charge < -0.3 is 9.73 Å². The highest BCUT2D eigenvalue weighted by Crippen LogP contribution is 2.37. The van der Waals surface area contributed by atoms with E-state index >= 15 is 0 Å². The Balaban J connectivity index is 1.72. The Morgan fingerprint density at radius 2 is 2.25 bits per heavy atom. The van der Waals surface area contributed by atoms with Crippen molar-refractivity contribution in [1.29, 1.82) is 0 Å². The largest absolute Gasteiger partial charge is 0.467 e. The van der Waals surface area contributed by atoms with E-state index in [1.54, 1.807) is 48.1 Å². The number of urea groups is 1. The fourth-order valence-corrected chi connectivity index (χ4v) is 6.15. The van der Waals surface area contributed by atoms with E-state index < -0.39 is 17.2 Å². The van der Waals surface area contributed by atoms with Crippen molar-refractivity contribution >= 4 is 45.3 Å². The van der Waals surface area contributed by atoms with Crippen molar-refractivity contribution in [3.05, 3.63) is 45.0 Å². The molecule has 32 heavy (non-hydrogen) atoms. The Kier molecular flexibility index (Phi) is 6.71. The summed E-state index contributed by atoms with van der Waals surface area (Å²) in [4.78, 5) is 44.6. The van der Waals surface area contributed by atoms with Crippen molar-refractivity contribution in [2.24, 2.45) is 5.92 Å². The molecule has 2 N–H and O–H groups in total. The third kappa shape index (κ3) is 4.61. The average molecular weight is 475 g/mol. The van der Waals surface area contributed by atoms with E-state index in [4.69, 9.17) is 9.40 Å². The molecule has 0 saturated carbocycles. The summed E-state index contributed by atoms with van der Waals surface area (Å²) in [5, 5.41) is 5.36. The van der Waals surface area contributed by atoms with Gasteiger partial charge in [0.25, 0.3) is 5.56 Å². The molecule has 2 unspecified atom stereocenters. The summed E-state index contributed by atoms with van der Waals surface area (Å²) in [5.74, 6) is 0.777. The lowest BCUT2D eigenvalue weighted by Gasteiger charge is -2.18. The zero-order valence-corrected chi connectivity index (χ0v) is 19.9. The number of thioether (sulfide) groups is 1. The molecule has 8 nitrogen and oxygen atoms in total. The van der Waals surface area contributed by atoms with Gasteiger partial charge in [0, 0.05) is 11.4 Å². The lowest BCUT2D eigenvalue weighted by Crippen LogP contribution is -2.42. The summed E-state index contributed by atoms with van der Waals surface area (Å²) >= 11 is 2.74. The molecule has 0 bridgehead atoms. The standard InChI is InChI=1S/C22H26N4O4S2/c1-4-23-21(29)24-18(27)13(3)31-22-25-19-17(15-8-7-12(2)10-16(15)32-19)20(28)26(22)11-14-6-5-9-30-14/h5-6,9,12-13H,4,7-8,10-11H2,1-3H3,(H2,23,24,27,29). The first kappa shape index (κ1) is 22.6. The number of hydrogen-bond acceptors (Lipinski definition) is 7. The van der Waals surface area contributed by atoms with Crippen LogP contribution in [0.5, 0.6) is 0 Å². The van der Waals surface area contributed by atoms with Gasteiger partial charge in [0.1, 0.15) is 10.6 Å². The first-order chi connectivity index (χ1) is 15.4. The highest BCUT2D eigenvalue weighted by molar-refractivity contribution is 8.00. The number of nitrogens with one attached hydrogen (secondary N) is 2. The highest BCUT2D eigenvalue weighted by atomic mass is 32.2. The van der Waals surface area contributed by atoms with Crippen LogP contribution in [-0.2, 0) is 24.2 Å². The maximum absolute atomic E-state index is 13.6. The molecule has 0 spiro atoms. The summed E-state index contributed by atoms with van der Waals surface area (Å²) < 4.78 is 7.05. The van der Waals surface area contributed by atoms with Crippen LogP contribution in [0.4, 0.5) is 4.79 Å². The zero-order chi connectivity index (χ0) is 22.8. The molecule has 1 aliphatic carbocycles. The van der Waals surface area contributed by atoms with E-state index in [1.165, 1.54) is 4.88 Å². The second-order valence-corrected chi connectivity index (χ2v) is 10.4.